The highest BCUT2D eigenvalue weighted by molar-refractivity contribution is 8.00. The Morgan fingerprint density at radius 2 is 2.22 bits per heavy atom. The monoisotopic (exact) mass is 355 g/mol. The van der Waals surface area contributed by atoms with Crippen molar-refractivity contribution in [2.45, 2.75) is 43.5 Å². The zero-order valence-corrected chi connectivity index (χ0v) is 14.5. The van der Waals surface area contributed by atoms with Crippen molar-refractivity contribution >= 4 is 34.1 Å². The molecule has 2 aromatic rings. The fourth-order valence-electron chi connectivity index (χ4n) is 1.64. The van der Waals surface area contributed by atoms with Gasteiger partial charge in [-0.25, -0.2) is 0 Å². The average molecular weight is 355 g/mol. The van der Waals surface area contributed by atoms with Crippen molar-refractivity contribution in [2.75, 3.05) is 5.32 Å². The lowest BCUT2D eigenvalue weighted by Gasteiger charge is -2.12. The first-order valence-electron chi connectivity index (χ1n) is 7.00. The fraction of sp³-hybridized carbons (Fsp3) is 0.462. The Morgan fingerprint density at radius 1 is 1.48 bits per heavy atom. The SMILES string of the molecule is CC[C@H](Sc1nc(O)cc(=O)[nH]1)C(=O)Nc1nnc(C(C)C)s1. The van der Waals surface area contributed by atoms with Gasteiger partial charge in [0.15, 0.2) is 5.16 Å². The molecule has 0 aliphatic heterocycles. The van der Waals surface area contributed by atoms with Crippen LogP contribution in [0.1, 0.15) is 38.1 Å². The van der Waals surface area contributed by atoms with Crippen LogP contribution in [0.3, 0.4) is 0 Å². The molecule has 0 spiro atoms. The second kappa shape index (κ2) is 7.55. The van der Waals surface area contributed by atoms with Crippen molar-refractivity contribution < 1.29 is 9.90 Å². The molecule has 0 aromatic carbocycles. The summed E-state index contributed by atoms with van der Waals surface area (Å²) in [6, 6.07) is 0.972. The second-order valence-electron chi connectivity index (χ2n) is 5.01. The number of aromatic nitrogens is 4. The number of carbonyl (C=O) groups is 1. The van der Waals surface area contributed by atoms with Crippen molar-refractivity contribution in [3.05, 3.63) is 21.4 Å². The molecule has 2 rings (SSSR count). The van der Waals surface area contributed by atoms with E-state index in [9.17, 15) is 14.7 Å². The Bertz CT molecular complexity index is 743. The Labute approximate surface area is 140 Å². The minimum absolute atomic E-state index is 0.192. The van der Waals surface area contributed by atoms with E-state index in [1.165, 1.54) is 11.3 Å². The summed E-state index contributed by atoms with van der Waals surface area (Å²) in [5, 5.41) is 21.0. The van der Waals surface area contributed by atoms with Gasteiger partial charge < -0.3 is 10.1 Å². The zero-order valence-electron chi connectivity index (χ0n) is 12.9. The second-order valence-corrected chi connectivity index (χ2v) is 7.21. The summed E-state index contributed by atoms with van der Waals surface area (Å²) < 4.78 is 0. The molecule has 124 valence electrons. The van der Waals surface area contributed by atoms with Crippen molar-refractivity contribution in [1.29, 1.82) is 0 Å². The highest BCUT2D eigenvalue weighted by Crippen LogP contribution is 2.26. The van der Waals surface area contributed by atoms with Crippen LogP contribution in [0.2, 0.25) is 0 Å². The van der Waals surface area contributed by atoms with Crippen LogP contribution in [0.15, 0.2) is 16.0 Å². The van der Waals surface area contributed by atoms with E-state index in [0.29, 0.717) is 11.6 Å². The van der Waals surface area contributed by atoms with Gasteiger partial charge in [-0.3, -0.25) is 14.9 Å². The number of aromatic hydroxyl groups is 1. The van der Waals surface area contributed by atoms with Crippen LogP contribution in [-0.4, -0.2) is 36.4 Å². The molecule has 10 heteroatoms. The van der Waals surface area contributed by atoms with Gasteiger partial charge in [0.1, 0.15) is 5.01 Å². The van der Waals surface area contributed by atoms with E-state index in [2.05, 4.69) is 25.5 Å². The Morgan fingerprint density at radius 3 is 2.78 bits per heavy atom. The lowest BCUT2D eigenvalue weighted by Crippen LogP contribution is -2.25. The number of nitrogens with zero attached hydrogens (tertiary/aromatic N) is 3. The number of carbonyl (C=O) groups excluding carboxylic acids is 1. The number of H-pyrrole nitrogens is 1. The van der Waals surface area contributed by atoms with Crippen molar-refractivity contribution in [2.24, 2.45) is 0 Å². The van der Waals surface area contributed by atoms with E-state index in [1.807, 2.05) is 20.8 Å². The van der Waals surface area contributed by atoms with Crippen LogP contribution in [0, 0.1) is 0 Å². The summed E-state index contributed by atoms with van der Waals surface area (Å²) >= 11 is 2.41. The predicted octanol–water partition coefficient (Wildman–Crippen LogP) is 1.96. The largest absolute Gasteiger partial charge is 0.493 e. The summed E-state index contributed by atoms with van der Waals surface area (Å²) in [5.74, 6) is -0.386. The van der Waals surface area contributed by atoms with Gasteiger partial charge in [-0.15, -0.1) is 10.2 Å². The van der Waals surface area contributed by atoms with Crippen LogP contribution in [-0.2, 0) is 4.79 Å². The van der Waals surface area contributed by atoms with Crippen LogP contribution in [0.5, 0.6) is 5.88 Å². The summed E-state index contributed by atoms with van der Waals surface area (Å²) in [5.41, 5.74) is -0.471. The number of hydrogen-bond acceptors (Lipinski definition) is 8. The third-order valence-electron chi connectivity index (χ3n) is 2.79. The van der Waals surface area contributed by atoms with Crippen LogP contribution < -0.4 is 10.9 Å². The first kappa shape index (κ1) is 17.4. The standard InChI is InChI=1S/C13H17N5O3S2/c1-4-7(22-12-14-8(19)5-9(20)15-12)10(21)16-13-18-17-11(23-13)6(2)3/h5-7H,4H2,1-3H3,(H,16,18,21)(H2,14,15,19,20)/t7-/m0/s1. The first-order valence-corrected chi connectivity index (χ1v) is 8.70. The summed E-state index contributed by atoms with van der Waals surface area (Å²) in [6.07, 6.45) is 0.520. The van der Waals surface area contributed by atoms with E-state index in [0.717, 1.165) is 22.8 Å². The zero-order chi connectivity index (χ0) is 17.0. The maximum atomic E-state index is 12.3. The molecule has 0 fully saturated rings. The van der Waals surface area contributed by atoms with Crippen molar-refractivity contribution in [3.8, 4) is 5.88 Å². The topological polar surface area (TPSA) is 121 Å². The van der Waals surface area contributed by atoms with Gasteiger partial charge in [0.05, 0.1) is 11.3 Å². The van der Waals surface area contributed by atoms with Gasteiger partial charge >= 0.3 is 0 Å². The molecule has 23 heavy (non-hydrogen) atoms. The molecule has 0 aliphatic rings. The summed E-state index contributed by atoms with van der Waals surface area (Å²) in [4.78, 5) is 29.9. The van der Waals surface area contributed by atoms with Gasteiger partial charge in [-0.1, -0.05) is 43.9 Å². The van der Waals surface area contributed by atoms with Crippen LogP contribution in [0.25, 0.3) is 0 Å². The smallest absolute Gasteiger partial charge is 0.255 e. The fourth-order valence-corrected chi connectivity index (χ4v) is 3.30. The number of rotatable bonds is 6. The number of anilines is 1. The van der Waals surface area contributed by atoms with Gasteiger partial charge in [0, 0.05) is 5.92 Å². The first-order chi connectivity index (χ1) is 10.9. The van der Waals surface area contributed by atoms with E-state index in [1.54, 1.807) is 0 Å². The third kappa shape index (κ3) is 4.76. The maximum Gasteiger partial charge on any atom is 0.255 e. The number of aromatic amines is 1. The van der Waals surface area contributed by atoms with Crippen molar-refractivity contribution in [1.82, 2.24) is 20.2 Å². The van der Waals surface area contributed by atoms with Gasteiger partial charge in [0.2, 0.25) is 16.9 Å². The number of amides is 1. The van der Waals surface area contributed by atoms with E-state index >= 15 is 0 Å². The lowest BCUT2D eigenvalue weighted by atomic mass is 10.2. The molecule has 0 saturated heterocycles. The minimum Gasteiger partial charge on any atom is -0.493 e. The Kier molecular flexibility index (Phi) is 5.72. The van der Waals surface area contributed by atoms with Crippen LogP contribution in [0.4, 0.5) is 5.13 Å². The van der Waals surface area contributed by atoms with Crippen LogP contribution >= 0.6 is 23.1 Å². The summed E-state index contributed by atoms with van der Waals surface area (Å²) in [6.45, 7) is 5.85. The van der Waals surface area contributed by atoms with E-state index in [-0.39, 0.29) is 22.9 Å². The lowest BCUT2D eigenvalue weighted by molar-refractivity contribution is -0.115. The van der Waals surface area contributed by atoms with Crippen molar-refractivity contribution in [3.63, 3.8) is 0 Å². The molecule has 3 N–H and O–H groups in total. The van der Waals surface area contributed by atoms with E-state index in [4.69, 9.17) is 0 Å². The molecule has 1 atom stereocenters. The highest BCUT2D eigenvalue weighted by atomic mass is 32.2. The Balaban J connectivity index is 2.07. The number of nitrogens with one attached hydrogen (secondary N) is 2. The molecule has 0 bridgehead atoms. The summed E-state index contributed by atoms with van der Waals surface area (Å²) in [7, 11) is 0. The quantitative estimate of drug-likeness (QED) is 0.535. The molecule has 0 saturated carbocycles. The minimum atomic E-state index is -0.480. The number of hydrogen-bond donors (Lipinski definition) is 3. The average Bonchev–Trinajstić information content (AvgIpc) is 2.92. The number of thioether (sulfide) groups is 1. The van der Waals surface area contributed by atoms with E-state index < -0.39 is 10.8 Å². The molecular formula is C13H17N5O3S2. The molecular weight excluding hydrogens is 338 g/mol. The van der Waals surface area contributed by atoms with Gasteiger partial charge in [-0.05, 0) is 6.42 Å². The Hall–Kier alpha value is -1.94. The predicted molar refractivity (Wildman–Crippen MR) is 89.1 cm³/mol. The molecule has 8 nitrogen and oxygen atoms in total. The maximum absolute atomic E-state index is 12.3. The van der Waals surface area contributed by atoms with Gasteiger partial charge in [-0.2, -0.15) is 4.98 Å². The highest BCUT2D eigenvalue weighted by Gasteiger charge is 2.21. The molecule has 2 heterocycles. The normalized spacial score (nSPS) is 12.3. The molecule has 0 unspecified atom stereocenters. The molecule has 0 aliphatic carbocycles. The third-order valence-corrected chi connectivity index (χ3v) is 5.18. The van der Waals surface area contributed by atoms with Gasteiger partial charge in [0.25, 0.3) is 5.56 Å². The molecule has 1 amide bonds. The molecule has 2 aromatic heterocycles. The molecule has 0 radical (unpaired) electrons.